The first kappa shape index (κ1) is 16.1. The Bertz CT molecular complexity index is 208. The molecule has 0 bridgehead atoms. The molecule has 5 nitrogen and oxygen atoms in total. The molecule has 0 aromatic rings. The maximum atomic E-state index is 10.8. The third-order valence-electron chi connectivity index (χ3n) is 2.26. The average Bonchev–Trinajstić information content (AvgIpc) is 2.35. The Kier molecular flexibility index (Phi) is 12.4. The number of carbonyl (C=O) groups excluding carboxylic acids is 1. The fourth-order valence-corrected chi connectivity index (χ4v) is 1.31. The highest BCUT2D eigenvalue weighted by Crippen LogP contribution is 1.82. The van der Waals surface area contributed by atoms with E-state index in [1.807, 2.05) is 13.1 Å². The van der Waals surface area contributed by atoms with Crippen molar-refractivity contribution >= 4 is 12.2 Å². The molecule has 0 aromatic carbocycles. The lowest BCUT2D eigenvalue weighted by molar-refractivity contribution is -0.140. The van der Waals surface area contributed by atoms with Crippen molar-refractivity contribution in [3.05, 3.63) is 0 Å². The topological polar surface area (TPSA) is 62.7 Å². The van der Waals surface area contributed by atoms with Crippen molar-refractivity contribution in [2.45, 2.75) is 26.2 Å². The Morgan fingerprint density at radius 2 is 1.82 bits per heavy atom. The molecule has 0 rings (SSSR count). The van der Waals surface area contributed by atoms with Crippen LogP contribution in [0.4, 0.5) is 0 Å². The van der Waals surface area contributed by atoms with Gasteiger partial charge in [0.05, 0.1) is 13.5 Å². The summed E-state index contributed by atoms with van der Waals surface area (Å²) in [4.78, 5) is 14.9. The van der Waals surface area contributed by atoms with E-state index in [1.165, 1.54) is 7.11 Å². The standard InChI is InChI=1S/C12H25N3O2/c1-3-13-7-4-8-14-9-5-10-15-11-6-12(16)17-2/h3,14-15H,4-11H2,1-2H3. The van der Waals surface area contributed by atoms with Crippen LogP contribution in [0.3, 0.4) is 0 Å². The maximum Gasteiger partial charge on any atom is 0.306 e. The number of ether oxygens (including phenoxy) is 1. The van der Waals surface area contributed by atoms with Gasteiger partial charge < -0.3 is 15.4 Å². The average molecular weight is 243 g/mol. The van der Waals surface area contributed by atoms with Gasteiger partial charge in [-0.2, -0.15) is 0 Å². The maximum absolute atomic E-state index is 10.8. The van der Waals surface area contributed by atoms with Crippen LogP contribution in [-0.4, -0.2) is 52.0 Å². The molecule has 5 heteroatoms. The highest BCUT2D eigenvalue weighted by Gasteiger charge is 1.97. The van der Waals surface area contributed by atoms with Gasteiger partial charge in [-0.15, -0.1) is 0 Å². The highest BCUT2D eigenvalue weighted by atomic mass is 16.5. The van der Waals surface area contributed by atoms with Crippen molar-refractivity contribution in [3.63, 3.8) is 0 Å². The van der Waals surface area contributed by atoms with E-state index < -0.39 is 0 Å². The lowest BCUT2D eigenvalue weighted by atomic mass is 10.3. The van der Waals surface area contributed by atoms with Gasteiger partial charge in [0.2, 0.25) is 0 Å². The fraction of sp³-hybridized carbons (Fsp3) is 0.833. The summed E-state index contributed by atoms with van der Waals surface area (Å²) in [5.41, 5.74) is 0. The number of nitrogens with zero attached hydrogens (tertiary/aromatic N) is 1. The summed E-state index contributed by atoms with van der Waals surface area (Å²) in [5, 5.41) is 6.55. The number of esters is 1. The van der Waals surface area contributed by atoms with E-state index in [9.17, 15) is 4.79 Å². The number of nitrogens with one attached hydrogen (secondary N) is 2. The first-order valence-corrected chi connectivity index (χ1v) is 6.24. The van der Waals surface area contributed by atoms with Gasteiger partial charge in [-0.1, -0.05) is 0 Å². The molecule has 0 fully saturated rings. The van der Waals surface area contributed by atoms with Crippen molar-refractivity contribution in [3.8, 4) is 0 Å². The smallest absolute Gasteiger partial charge is 0.306 e. The molecule has 0 aliphatic carbocycles. The molecule has 0 saturated heterocycles. The fourth-order valence-electron chi connectivity index (χ4n) is 1.31. The van der Waals surface area contributed by atoms with Gasteiger partial charge in [-0.3, -0.25) is 9.79 Å². The van der Waals surface area contributed by atoms with Crippen molar-refractivity contribution < 1.29 is 9.53 Å². The number of hydrogen-bond acceptors (Lipinski definition) is 5. The lowest BCUT2D eigenvalue weighted by Gasteiger charge is -2.05. The van der Waals surface area contributed by atoms with E-state index in [-0.39, 0.29) is 5.97 Å². The number of hydrogen-bond donors (Lipinski definition) is 2. The highest BCUT2D eigenvalue weighted by molar-refractivity contribution is 5.69. The zero-order chi connectivity index (χ0) is 12.8. The van der Waals surface area contributed by atoms with Crippen LogP contribution >= 0.6 is 0 Å². The van der Waals surface area contributed by atoms with E-state index >= 15 is 0 Å². The SMILES string of the molecule is CC=NCCCNCCCNCCC(=O)OC. The molecular formula is C12H25N3O2. The Labute approximate surface area is 104 Å². The van der Waals surface area contributed by atoms with Crippen LogP contribution in [-0.2, 0) is 9.53 Å². The van der Waals surface area contributed by atoms with E-state index in [0.29, 0.717) is 13.0 Å². The minimum atomic E-state index is -0.160. The summed E-state index contributed by atoms with van der Waals surface area (Å²) in [7, 11) is 1.41. The zero-order valence-electron chi connectivity index (χ0n) is 11.0. The summed E-state index contributed by atoms with van der Waals surface area (Å²) in [6, 6.07) is 0. The van der Waals surface area contributed by atoms with Gasteiger partial charge in [-0.25, -0.2) is 0 Å². The van der Waals surface area contributed by atoms with Crippen LogP contribution in [0, 0.1) is 0 Å². The molecule has 2 N–H and O–H groups in total. The third-order valence-corrected chi connectivity index (χ3v) is 2.26. The molecule has 0 aliphatic rings. The predicted molar refractivity (Wildman–Crippen MR) is 70.6 cm³/mol. The van der Waals surface area contributed by atoms with Gasteiger partial charge >= 0.3 is 5.97 Å². The Morgan fingerprint density at radius 3 is 2.47 bits per heavy atom. The second kappa shape index (κ2) is 13.1. The molecule has 0 aliphatic heterocycles. The third kappa shape index (κ3) is 13.0. The van der Waals surface area contributed by atoms with Gasteiger partial charge in [0, 0.05) is 13.1 Å². The van der Waals surface area contributed by atoms with Crippen molar-refractivity contribution in [2.75, 3.05) is 39.8 Å². The van der Waals surface area contributed by atoms with Gasteiger partial charge in [-0.05, 0) is 45.6 Å². The molecule has 0 atom stereocenters. The zero-order valence-corrected chi connectivity index (χ0v) is 11.0. The predicted octanol–water partition coefficient (Wildman–Crippen LogP) is 0.600. The molecule has 0 amide bonds. The van der Waals surface area contributed by atoms with Crippen molar-refractivity contribution in [2.24, 2.45) is 4.99 Å². The van der Waals surface area contributed by atoms with Gasteiger partial charge in [0.15, 0.2) is 0 Å². The summed E-state index contributed by atoms with van der Waals surface area (Å²) < 4.78 is 4.54. The number of aliphatic imine (C=N–C) groups is 1. The number of carbonyl (C=O) groups is 1. The number of methoxy groups -OCH3 is 1. The number of rotatable bonds is 11. The molecule has 0 saturated carbocycles. The molecule has 0 radical (unpaired) electrons. The second-order valence-corrected chi connectivity index (χ2v) is 3.70. The van der Waals surface area contributed by atoms with E-state index in [2.05, 4.69) is 20.4 Å². The minimum absolute atomic E-state index is 0.160. The quantitative estimate of drug-likeness (QED) is 0.317. The second-order valence-electron chi connectivity index (χ2n) is 3.70. The first-order chi connectivity index (χ1) is 8.31. The summed E-state index contributed by atoms with van der Waals surface area (Å²) in [6.07, 6.45) is 4.43. The lowest BCUT2D eigenvalue weighted by Crippen LogP contribution is -2.24. The molecular weight excluding hydrogens is 218 g/mol. The first-order valence-electron chi connectivity index (χ1n) is 6.24. The molecule has 17 heavy (non-hydrogen) atoms. The van der Waals surface area contributed by atoms with Crippen molar-refractivity contribution in [1.82, 2.24) is 10.6 Å². The van der Waals surface area contributed by atoms with Crippen LogP contribution in [0.25, 0.3) is 0 Å². The Morgan fingerprint density at radius 1 is 1.18 bits per heavy atom. The Hall–Kier alpha value is -0.940. The molecule has 0 heterocycles. The van der Waals surface area contributed by atoms with Crippen LogP contribution in [0.1, 0.15) is 26.2 Å². The monoisotopic (exact) mass is 243 g/mol. The molecule has 0 unspecified atom stereocenters. The van der Waals surface area contributed by atoms with Gasteiger partial charge in [0.1, 0.15) is 0 Å². The normalized spacial score (nSPS) is 10.9. The molecule has 100 valence electrons. The summed E-state index contributed by atoms with van der Waals surface area (Å²) in [6.45, 7) is 6.48. The largest absolute Gasteiger partial charge is 0.469 e. The molecule has 0 aromatic heterocycles. The Balaban J connectivity index is 3.01. The van der Waals surface area contributed by atoms with Crippen molar-refractivity contribution in [1.29, 1.82) is 0 Å². The summed E-state index contributed by atoms with van der Waals surface area (Å²) >= 11 is 0. The van der Waals surface area contributed by atoms with E-state index in [4.69, 9.17) is 0 Å². The van der Waals surface area contributed by atoms with Crippen LogP contribution in [0.5, 0.6) is 0 Å². The van der Waals surface area contributed by atoms with Crippen LogP contribution < -0.4 is 10.6 Å². The van der Waals surface area contributed by atoms with Crippen LogP contribution in [0.15, 0.2) is 4.99 Å². The van der Waals surface area contributed by atoms with E-state index in [0.717, 1.165) is 39.0 Å². The van der Waals surface area contributed by atoms with Gasteiger partial charge in [0.25, 0.3) is 0 Å². The summed E-state index contributed by atoms with van der Waals surface area (Å²) in [5.74, 6) is -0.160. The molecule has 0 spiro atoms. The minimum Gasteiger partial charge on any atom is -0.469 e. The van der Waals surface area contributed by atoms with Crippen LogP contribution in [0.2, 0.25) is 0 Å². The van der Waals surface area contributed by atoms with E-state index in [1.54, 1.807) is 0 Å².